The van der Waals surface area contributed by atoms with Crippen molar-refractivity contribution in [1.82, 2.24) is 15.3 Å². The summed E-state index contributed by atoms with van der Waals surface area (Å²) in [5.41, 5.74) is 1.92. The van der Waals surface area contributed by atoms with Crippen molar-refractivity contribution in [3.8, 4) is 11.3 Å². The van der Waals surface area contributed by atoms with Crippen molar-refractivity contribution in [3.05, 3.63) is 72.2 Å². The van der Waals surface area contributed by atoms with Crippen molar-refractivity contribution < 1.29 is 18.3 Å². The Morgan fingerprint density at radius 1 is 1.08 bits per heavy atom. The molecule has 3 aromatic rings. The van der Waals surface area contributed by atoms with E-state index >= 15 is 0 Å². The average Bonchev–Trinajstić information content (AvgIpc) is 2.87. The number of hydrogen-bond acceptors (Lipinski definition) is 6. The van der Waals surface area contributed by atoms with Gasteiger partial charge < -0.3 is 20.3 Å². The summed E-state index contributed by atoms with van der Waals surface area (Å²) in [7, 11) is 0. The fraction of sp³-hybridized carbons (Fsp3) is 0.433. The van der Waals surface area contributed by atoms with E-state index in [-0.39, 0.29) is 17.3 Å². The van der Waals surface area contributed by atoms with Crippen LogP contribution >= 0.6 is 0 Å². The van der Waals surface area contributed by atoms with Gasteiger partial charge in [-0.1, -0.05) is 32.9 Å². The second-order valence-corrected chi connectivity index (χ2v) is 10.4. The van der Waals surface area contributed by atoms with Gasteiger partial charge in [0.15, 0.2) is 0 Å². The number of halogens is 2. The summed E-state index contributed by atoms with van der Waals surface area (Å²) in [5.74, 6) is -0.953. The summed E-state index contributed by atoms with van der Waals surface area (Å²) in [5, 5.41) is 6.37. The van der Waals surface area contributed by atoms with Crippen molar-refractivity contribution in [1.29, 1.82) is 0 Å². The average molecular weight is 540 g/mol. The maximum absolute atomic E-state index is 14.3. The standard InChI is InChI=1S/C28H33F2N5O2.C2H6/c1-18-13-20(34-27(36)37-28(2,3)4)17-35(16-18)25-11-12-31-15-24(25)32-14-19-7-5-10-23(33-19)26-21(29)8-6-9-22(26)30;1-2/h5-12,15,18,20,32H,13-14,16-17H2,1-4H3,(H,34,36);1-2H3. The summed E-state index contributed by atoms with van der Waals surface area (Å²) in [6.45, 7) is 13.5. The predicted molar refractivity (Wildman–Crippen MR) is 152 cm³/mol. The first-order valence-corrected chi connectivity index (χ1v) is 13.4. The maximum Gasteiger partial charge on any atom is 0.407 e. The maximum atomic E-state index is 14.3. The van der Waals surface area contributed by atoms with Crippen molar-refractivity contribution in [2.45, 2.75) is 66.2 Å². The molecule has 7 nitrogen and oxygen atoms in total. The normalized spacial score (nSPS) is 17.1. The highest BCUT2D eigenvalue weighted by molar-refractivity contribution is 5.70. The molecule has 2 atom stereocenters. The van der Waals surface area contributed by atoms with Crippen LogP contribution in [0.2, 0.25) is 0 Å². The van der Waals surface area contributed by atoms with Gasteiger partial charge in [0.2, 0.25) is 0 Å². The molecule has 0 saturated carbocycles. The zero-order valence-corrected chi connectivity index (χ0v) is 23.6. The van der Waals surface area contributed by atoms with Crippen LogP contribution in [0.5, 0.6) is 0 Å². The molecule has 1 aliphatic heterocycles. The van der Waals surface area contributed by atoms with Crippen LogP contribution in [0.15, 0.2) is 54.9 Å². The van der Waals surface area contributed by atoms with Gasteiger partial charge in [0.1, 0.15) is 17.2 Å². The van der Waals surface area contributed by atoms with Crippen LogP contribution < -0.4 is 15.5 Å². The van der Waals surface area contributed by atoms with Crippen LogP contribution in [0.3, 0.4) is 0 Å². The minimum absolute atomic E-state index is 0.0615. The molecule has 1 saturated heterocycles. The van der Waals surface area contributed by atoms with Crippen LogP contribution in [0, 0.1) is 17.6 Å². The highest BCUT2D eigenvalue weighted by Gasteiger charge is 2.29. The number of aromatic nitrogens is 2. The van der Waals surface area contributed by atoms with Crippen molar-refractivity contribution in [2.75, 3.05) is 23.3 Å². The van der Waals surface area contributed by atoms with Crippen LogP contribution in [-0.4, -0.2) is 40.8 Å². The number of ether oxygens (including phenoxy) is 1. The lowest BCUT2D eigenvalue weighted by molar-refractivity contribution is 0.0495. The Hall–Kier alpha value is -3.75. The molecule has 1 aromatic carbocycles. The molecule has 0 spiro atoms. The fourth-order valence-electron chi connectivity index (χ4n) is 4.57. The van der Waals surface area contributed by atoms with E-state index in [1.807, 2.05) is 40.7 Å². The highest BCUT2D eigenvalue weighted by Crippen LogP contribution is 2.30. The number of amides is 1. The van der Waals surface area contributed by atoms with Crippen LogP contribution in [0.25, 0.3) is 11.3 Å². The number of carbonyl (C=O) groups excluding carboxylic acids is 1. The van der Waals surface area contributed by atoms with E-state index in [4.69, 9.17) is 4.74 Å². The number of pyridine rings is 2. The largest absolute Gasteiger partial charge is 0.444 e. The van der Waals surface area contributed by atoms with Gasteiger partial charge in [-0.2, -0.15) is 0 Å². The van der Waals surface area contributed by atoms with Gasteiger partial charge in [0.05, 0.1) is 41.1 Å². The number of carbonyl (C=O) groups is 1. The number of alkyl carbamates (subject to hydrolysis) is 1. The van der Waals surface area contributed by atoms with Crippen LogP contribution in [0.1, 0.15) is 53.7 Å². The highest BCUT2D eigenvalue weighted by atomic mass is 19.1. The molecule has 1 aliphatic rings. The minimum atomic E-state index is -0.652. The molecule has 9 heteroatoms. The number of piperidine rings is 1. The summed E-state index contributed by atoms with van der Waals surface area (Å²) in [6.07, 6.45) is 3.91. The first-order valence-electron chi connectivity index (χ1n) is 13.4. The zero-order chi connectivity index (χ0) is 28.6. The van der Waals surface area contributed by atoms with Crippen molar-refractivity contribution >= 4 is 17.5 Å². The Balaban J connectivity index is 0.00000205. The van der Waals surface area contributed by atoms with Gasteiger partial charge in [-0.3, -0.25) is 9.97 Å². The van der Waals surface area contributed by atoms with Gasteiger partial charge in [-0.15, -0.1) is 0 Å². The number of anilines is 2. The first-order chi connectivity index (χ1) is 18.6. The second-order valence-electron chi connectivity index (χ2n) is 10.4. The topological polar surface area (TPSA) is 79.4 Å². The molecule has 2 aromatic heterocycles. The van der Waals surface area contributed by atoms with E-state index in [0.29, 0.717) is 24.7 Å². The quantitative estimate of drug-likeness (QED) is 0.359. The number of benzene rings is 1. The molecule has 1 fully saturated rings. The lowest BCUT2D eigenvalue weighted by Crippen LogP contribution is -2.51. The van der Waals surface area contributed by atoms with Gasteiger partial charge in [-0.25, -0.2) is 13.6 Å². The molecule has 1 amide bonds. The minimum Gasteiger partial charge on any atom is -0.444 e. The molecular weight excluding hydrogens is 500 g/mol. The third-order valence-electron chi connectivity index (χ3n) is 6.00. The number of hydrogen-bond donors (Lipinski definition) is 2. The summed E-state index contributed by atoms with van der Waals surface area (Å²) < 4.78 is 34.0. The molecule has 0 bridgehead atoms. The molecule has 0 radical (unpaired) electrons. The molecular formula is C30H39F2N5O2. The molecule has 4 rings (SSSR count). The number of rotatable bonds is 6. The number of nitrogens with zero attached hydrogens (tertiary/aromatic N) is 3. The van der Waals surface area contributed by atoms with Gasteiger partial charge >= 0.3 is 6.09 Å². The Morgan fingerprint density at radius 2 is 1.77 bits per heavy atom. The SMILES string of the molecule is CC.CC1CC(NC(=O)OC(C)(C)C)CN(c2ccncc2NCc2cccc(-c3c(F)cccc3F)n2)C1. The molecule has 0 aliphatic carbocycles. The zero-order valence-electron chi connectivity index (χ0n) is 23.6. The van der Waals surface area contributed by atoms with E-state index in [1.165, 1.54) is 18.2 Å². The lowest BCUT2D eigenvalue weighted by Gasteiger charge is -2.39. The monoisotopic (exact) mass is 539 g/mol. The molecule has 39 heavy (non-hydrogen) atoms. The third kappa shape index (κ3) is 8.37. The smallest absolute Gasteiger partial charge is 0.407 e. The molecule has 210 valence electrons. The van der Waals surface area contributed by atoms with Crippen molar-refractivity contribution in [2.24, 2.45) is 5.92 Å². The Labute approximate surface area is 230 Å². The third-order valence-corrected chi connectivity index (χ3v) is 6.00. The predicted octanol–water partition coefficient (Wildman–Crippen LogP) is 6.80. The summed E-state index contributed by atoms with van der Waals surface area (Å²) in [6, 6.07) is 10.8. The van der Waals surface area contributed by atoms with E-state index in [0.717, 1.165) is 24.3 Å². The van der Waals surface area contributed by atoms with E-state index in [1.54, 1.807) is 30.6 Å². The van der Waals surface area contributed by atoms with Crippen LogP contribution in [0.4, 0.5) is 25.0 Å². The van der Waals surface area contributed by atoms with Gasteiger partial charge in [0, 0.05) is 25.3 Å². The first kappa shape index (κ1) is 29.8. The second kappa shape index (κ2) is 13.4. The molecule has 2 N–H and O–H groups in total. The van der Waals surface area contributed by atoms with E-state index in [9.17, 15) is 13.6 Å². The van der Waals surface area contributed by atoms with E-state index in [2.05, 4.69) is 32.4 Å². The molecule has 2 unspecified atom stereocenters. The van der Waals surface area contributed by atoms with Crippen LogP contribution in [-0.2, 0) is 11.3 Å². The molecule has 3 heterocycles. The van der Waals surface area contributed by atoms with Gasteiger partial charge in [0.25, 0.3) is 0 Å². The summed E-state index contributed by atoms with van der Waals surface area (Å²) in [4.78, 5) is 23.3. The Morgan fingerprint density at radius 3 is 2.46 bits per heavy atom. The Bertz CT molecular complexity index is 1230. The van der Waals surface area contributed by atoms with Crippen molar-refractivity contribution in [3.63, 3.8) is 0 Å². The summed E-state index contributed by atoms with van der Waals surface area (Å²) >= 11 is 0. The lowest BCUT2D eigenvalue weighted by atomic mass is 9.95. The van der Waals surface area contributed by atoms with E-state index < -0.39 is 23.3 Å². The number of nitrogens with one attached hydrogen (secondary N) is 2. The Kier molecular flexibility index (Phi) is 10.2. The fourth-order valence-corrected chi connectivity index (χ4v) is 4.57. The van der Waals surface area contributed by atoms with Gasteiger partial charge in [-0.05, 0) is 63.4 Å².